The number of thiol groups is 1. The molecule has 0 rings (SSSR count). The van der Waals surface area contributed by atoms with E-state index in [1.165, 1.54) is 0 Å². The molecule has 0 spiro atoms. The number of carbonyl (C=O) groups is 1. The van der Waals surface area contributed by atoms with Crippen molar-refractivity contribution in [1.82, 2.24) is 0 Å². The van der Waals surface area contributed by atoms with E-state index in [1.807, 2.05) is 13.8 Å². The topological polar surface area (TPSA) is 26.3 Å². The number of hydrogen-bond acceptors (Lipinski definition) is 4. The second-order valence-electron chi connectivity index (χ2n) is 1.67. The standard InChI is InChI=1S/C6H12O2S2.Sb.3H/c1-3-10-5(2)8-6(7)4-9;;;;/h5,9H,3-4H2,1-2H3;;;;. The van der Waals surface area contributed by atoms with E-state index in [1.54, 1.807) is 11.8 Å². The number of rotatable bonds is 4. The summed E-state index contributed by atoms with van der Waals surface area (Å²) in [6, 6.07) is 0. The zero-order valence-corrected chi connectivity index (χ0v) is 12.6. The van der Waals surface area contributed by atoms with E-state index in [4.69, 9.17) is 4.74 Å². The Labute approximate surface area is 94.7 Å². The van der Waals surface area contributed by atoms with Crippen LogP contribution in [0.2, 0.25) is 0 Å². The van der Waals surface area contributed by atoms with Gasteiger partial charge in [0.05, 0.1) is 5.75 Å². The molecule has 68 valence electrons. The van der Waals surface area contributed by atoms with Crippen molar-refractivity contribution >= 4 is 54.8 Å². The number of esters is 1. The van der Waals surface area contributed by atoms with Crippen molar-refractivity contribution in [2.75, 3.05) is 11.5 Å². The van der Waals surface area contributed by atoms with Crippen LogP contribution in [0.5, 0.6) is 0 Å². The van der Waals surface area contributed by atoms with Gasteiger partial charge in [-0.1, -0.05) is 6.92 Å². The van der Waals surface area contributed by atoms with E-state index in [0.29, 0.717) is 0 Å². The van der Waals surface area contributed by atoms with Crippen LogP contribution in [-0.4, -0.2) is 47.3 Å². The van der Waals surface area contributed by atoms with Gasteiger partial charge in [0, 0.05) is 0 Å². The van der Waals surface area contributed by atoms with E-state index >= 15 is 0 Å². The van der Waals surface area contributed by atoms with E-state index in [0.717, 1.165) is 5.75 Å². The Morgan fingerprint density at radius 3 is 2.64 bits per heavy atom. The molecular formula is C6H15O2S2Sb. The zero-order valence-electron chi connectivity index (χ0n) is 6.87. The van der Waals surface area contributed by atoms with Crippen molar-refractivity contribution in [2.45, 2.75) is 19.3 Å². The summed E-state index contributed by atoms with van der Waals surface area (Å²) in [4.78, 5) is 10.6. The fourth-order valence-corrected chi connectivity index (χ4v) is 1.21. The maximum absolute atomic E-state index is 10.6. The third kappa shape index (κ3) is 8.90. The van der Waals surface area contributed by atoms with Crippen LogP contribution in [0, 0.1) is 0 Å². The second-order valence-corrected chi connectivity index (χ2v) is 3.56. The predicted molar refractivity (Wildman–Crippen MR) is 57.5 cm³/mol. The molecule has 1 atom stereocenters. The first kappa shape index (κ1) is 14.5. The second kappa shape index (κ2) is 9.08. The summed E-state index contributed by atoms with van der Waals surface area (Å²) in [7, 11) is 0. The number of hydrogen-bond donors (Lipinski definition) is 1. The molecule has 0 saturated carbocycles. The molecule has 0 aliphatic heterocycles. The van der Waals surface area contributed by atoms with Crippen LogP contribution in [0.1, 0.15) is 13.8 Å². The SMILES string of the molecule is CCSC(C)OC(=O)CS.[SbH3]. The summed E-state index contributed by atoms with van der Waals surface area (Å²) < 4.78 is 4.89. The molecule has 0 aliphatic carbocycles. The van der Waals surface area contributed by atoms with Gasteiger partial charge in [0.1, 0.15) is 5.44 Å². The average Bonchev–Trinajstić information content (AvgIpc) is 1.88. The van der Waals surface area contributed by atoms with Crippen molar-refractivity contribution < 1.29 is 9.53 Å². The maximum atomic E-state index is 10.6. The molecule has 0 heterocycles. The molecule has 2 nitrogen and oxygen atoms in total. The third-order valence-corrected chi connectivity index (χ3v) is 1.99. The fraction of sp³-hybridized carbons (Fsp3) is 0.833. The summed E-state index contributed by atoms with van der Waals surface area (Å²) >= 11 is 5.37. The van der Waals surface area contributed by atoms with Crippen LogP contribution in [0.3, 0.4) is 0 Å². The van der Waals surface area contributed by atoms with Gasteiger partial charge in [-0.05, 0) is 12.7 Å². The summed E-state index contributed by atoms with van der Waals surface area (Å²) in [5, 5.41) is 0. The summed E-state index contributed by atoms with van der Waals surface area (Å²) in [6.45, 7) is 3.88. The number of carbonyl (C=O) groups excluding carboxylic acids is 1. The van der Waals surface area contributed by atoms with E-state index < -0.39 is 0 Å². The first-order valence-electron chi connectivity index (χ1n) is 3.12. The van der Waals surface area contributed by atoms with E-state index in [9.17, 15) is 4.79 Å². The molecule has 0 N–H and O–H groups in total. The van der Waals surface area contributed by atoms with Gasteiger partial charge in [-0.2, -0.15) is 12.6 Å². The Hall–Kier alpha value is 0.988. The van der Waals surface area contributed by atoms with Gasteiger partial charge in [0.15, 0.2) is 0 Å². The van der Waals surface area contributed by atoms with Crippen LogP contribution >= 0.6 is 24.4 Å². The molecule has 5 heteroatoms. The van der Waals surface area contributed by atoms with Crippen molar-refractivity contribution in [3.05, 3.63) is 0 Å². The molecule has 0 bridgehead atoms. The zero-order chi connectivity index (χ0) is 7.98. The van der Waals surface area contributed by atoms with Crippen LogP contribution in [0.15, 0.2) is 0 Å². The minimum atomic E-state index is -0.253. The van der Waals surface area contributed by atoms with Crippen molar-refractivity contribution in [2.24, 2.45) is 0 Å². The average molecular weight is 305 g/mol. The van der Waals surface area contributed by atoms with Gasteiger partial charge in [0.2, 0.25) is 0 Å². The third-order valence-electron chi connectivity index (χ3n) is 0.828. The van der Waals surface area contributed by atoms with Gasteiger partial charge in [-0.25, -0.2) is 0 Å². The fourth-order valence-electron chi connectivity index (χ4n) is 0.491. The van der Waals surface area contributed by atoms with Gasteiger partial charge in [0.25, 0.3) is 0 Å². The molecule has 0 aromatic heterocycles. The normalized spacial score (nSPS) is 11.5. The summed E-state index contributed by atoms with van der Waals surface area (Å²) in [5.41, 5.74) is -0.0374. The Morgan fingerprint density at radius 1 is 1.73 bits per heavy atom. The molecule has 11 heavy (non-hydrogen) atoms. The molecule has 0 aromatic rings. The molecule has 0 amide bonds. The first-order chi connectivity index (χ1) is 4.70. The first-order valence-corrected chi connectivity index (χ1v) is 4.80. The van der Waals surface area contributed by atoms with Crippen molar-refractivity contribution in [3.63, 3.8) is 0 Å². The molecule has 0 fully saturated rings. The summed E-state index contributed by atoms with van der Waals surface area (Å²) in [5.74, 6) is 0.868. The number of ether oxygens (including phenoxy) is 1. The van der Waals surface area contributed by atoms with Crippen molar-refractivity contribution in [3.8, 4) is 0 Å². The molecule has 0 radical (unpaired) electrons. The van der Waals surface area contributed by atoms with Gasteiger partial charge in [-0.15, -0.1) is 11.8 Å². The van der Waals surface area contributed by atoms with Crippen LogP contribution < -0.4 is 0 Å². The Morgan fingerprint density at radius 2 is 2.27 bits per heavy atom. The molecule has 0 aliphatic rings. The Balaban J connectivity index is 0. The van der Waals surface area contributed by atoms with Crippen LogP contribution in [-0.2, 0) is 9.53 Å². The minimum absolute atomic E-state index is 0. The molecule has 0 aromatic carbocycles. The quantitative estimate of drug-likeness (QED) is 0.352. The van der Waals surface area contributed by atoms with Crippen LogP contribution in [0.25, 0.3) is 0 Å². The predicted octanol–water partition coefficient (Wildman–Crippen LogP) is 0.375. The molecule has 1 unspecified atom stereocenters. The van der Waals surface area contributed by atoms with Gasteiger partial charge in [-0.3, -0.25) is 4.79 Å². The van der Waals surface area contributed by atoms with Crippen LogP contribution in [0.4, 0.5) is 0 Å². The van der Waals surface area contributed by atoms with Gasteiger partial charge >= 0.3 is 30.4 Å². The van der Waals surface area contributed by atoms with Gasteiger partial charge < -0.3 is 4.74 Å². The molecule has 0 saturated heterocycles. The Bertz CT molecular complexity index is 111. The molecular weight excluding hydrogens is 290 g/mol. The van der Waals surface area contributed by atoms with E-state index in [2.05, 4.69) is 12.6 Å². The monoisotopic (exact) mass is 304 g/mol. The van der Waals surface area contributed by atoms with Crippen molar-refractivity contribution in [1.29, 1.82) is 0 Å². The van der Waals surface area contributed by atoms with E-state index in [-0.39, 0.29) is 41.6 Å². The number of thioether (sulfide) groups is 1. The Kier molecular flexibility index (Phi) is 12.0. The summed E-state index contributed by atoms with van der Waals surface area (Å²) in [6.07, 6.45) is 0.